The van der Waals surface area contributed by atoms with Crippen LogP contribution in [0.3, 0.4) is 0 Å². The highest BCUT2D eigenvalue weighted by Gasteiger charge is 2.32. The van der Waals surface area contributed by atoms with Crippen molar-refractivity contribution in [3.8, 4) is 0 Å². The van der Waals surface area contributed by atoms with Gasteiger partial charge in [-0.3, -0.25) is 4.79 Å². The quantitative estimate of drug-likeness (QED) is 0.573. The first-order valence-electron chi connectivity index (χ1n) is 8.67. The van der Waals surface area contributed by atoms with Crippen LogP contribution in [0.4, 0.5) is 5.69 Å². The zero-order chi connectivity index (χ0) is 20.1. The molecule has 1 aliphatic heterocycles. The van der Waals surface area contributed by atoms with Gasteiger partial charge in [0.2, 0.25) is 5.91 Å². The lowest BCUT2D eigenvalue weighted by molar-refractivity contribution is -0.120. The number of hydrogen-bond acceptors (Lipinski definition) is 6. The number of aliphatic hydroxyl groups excluding tert-OH is 1. The van der Waals surface area contributed by atoms with Crippen molar-refractivity contribution in [3.63, 3.8) is 0 Å². The van der Waals surface area contributed by atoms with Crippen LogP contribution in [0.1, 0.15) is 6.42 Å². The van der Waals surface area contributed by atoms with Crippen molar-refractivity contribution in [2.24, 2.45) is 7.05 Å². The second-order valence-corrected chi connectivity index (χ2v) is 8.08. The first kappa shape index (κ1) is 20.2. The van der Waals surface area contributed by atoms with Gasteiger partial charge < -0.3 is 19.7 Å². The van der Waals surface area contributed by atoms with E-state index in [0.717, 1.165) is 0 Å². The van der Waals surface area contributed by atoms with Crippen LogP contribution in [0.25, 0.3) is 0 Å². The number of sulfonamides is 1. The summed E-state index contributed by atoms with van der Waals surface area (Å²) in [6.45, 7) is -0.406. The number of aliphatic hydroxyl groups is 1. The maximum Gasteiger partial charge on any atom is 0.260 e. The van der Waals surface area contributed by atoms with Gasteiger partial charge in [-0.25, -0.2) is 18.1 Å². The van der Waals surface area contributed by atoms with Gasteiger partial charge >= 0.3 is 0 Å². The second-order valence-electron chi connectivity index (χ2n) is 6.42. The Kier molecular flexibility index (Phi) is 6.25. The minimum absolute atomic E-state index is 0.0433. The Morgan fingerprint density at radius 3 is 2.68 bits per heavy atom. The van der Waals surface area contributed by atoms with Gasteiger partial charge in [0.1, 0.15) is 6.10 Å². The summed E-state index contributed by atoms with van der Waals surface area (Å²) >= 11 is 0. The molecule has 0 fully saturated rings. The van der Waals surface area contributed by atoms with Gasteiger partial charge in [-0.1, -0.05) is 30.4 Å². The van der Waals surface area contributed by atoms with Gasteiger partial charge in [0.15, 0.2) is 5.03 Å². The number of imidazole rings is 1. The Morgan fingerprint density at radius 1 is 1.29 bits per heavy atom. The normalized spacial score (nSPS) is 22.1. The van der Waals surface area contributed by atoms with Crippen LogP contribution < -0.4 is 10.0 Å². The molecule has 0 saturated heterocycles. The third-order valence-electron chi connectivity index (χ3n) is 4.16. The first-order valence-corrected chi connectivity index (χ1v) is 10.2. The van der Waals surface area contributed by atoms with Crippen LogP contribution in [-0.2, 0) is 26.6 Å². The summed E-state index contributed by atoms with van der Waals surface area (Å²) in [6.07, 6.45) is 4.61. The van der Waals surface area contributed by atoms with Crippen molar-refractivity contribution in [2.45, 2.75) is 29.7 Å². The van der Waals surface area contributed by atoms with Crippen LogP contribution in [0.5, 0.6) is 0 Å². The minimum Gasteiger partial charge on any atom is -0.394 e. The number of nitrogens with zero attached hydrogens (tertiary/aromatic N) is 2. The topological polar surface area (TPSA) is 123 Å². The van der Waals surface area contributed by atoms with Crippen LogP contribution >= 0.6 is 0 Å². The summed E-state index contributed by atoms with van der Waals surface area (Å²) in [5.41, 5.74) is 0.673. The Balaban J connectivity index is 1.62. The highest BCUT2D eigenvalue weighted by molar-refractivity contribution is 7.89. The highest BCUT2D eigenvalue weighted by atomic mass is 32.2. The molecular weight excluding hydrogens is 384 g/mol. The van der Waals surface area contributed by atoms with Crippen molar-refractivity contribution in [1.29, 1.82) is 0 Å². The predicted molar refractivity (Wildman–Crippen MR) is 102 cm³/mol. The number of carbonyl (C=O) groups is 1. The summed E-state index contributed by atoms with van der Waals surface area (Å²) in [4.78, 5) is 16.0. The number of carbonyl (C=O) groups excluding carboxylic acids is 1. The number of aryl methyl sites for hydroxylation is 1. The number of para-hydroxylation sites is 1. The number of nitrogens with one attached hydrogen (secondary N) is 2. The Labute approximate surface area is 163 Å². The Bertz CT molecular complexity index is 942. The molecule has 150 valence electrons. The van der Waals surface area contributed by atoms with Gasteiger partial charge in [0.25, 0.3) is 10.0 Å². The van der Waals surface area contributed by atoms with Crippen LogP contribution in [-0.4, -0.2) is 53.8 Å². The number of benzene rings is 1. The summed E-state index contributed by atoms with van der Waals surface area (Å²) in [5, 5.41) is 12.2. The third-order valence-corrected chi connectivity index (χ3v) is 5.50. The van der Waals surface area contributed by atoms with E-state index in [2.05, 4.69) is 15.0 Å². The van der Waals surface area contributed by atoms with E-state index < -0.39 is 34.9 Å². The van der Waals surface area contributed by atoms with E-state index in [9.17, 15) is 18.3 Å². The molecule has 3 rings (SSSR count). The monoisotopic (exact) mass is 406 g/mol. The molecule has 9 nitrogen and oxygen atoms in total. The molecule has 1 aromatic carbocycles. The molecule has 0 spiro atoms. The largest absolute Gasteiger partial charge is 0.394 e. The Hall–Kier alpha value is -2.53. The van der Waals surface area contributed by atoms with E-state index in [0.29, 0.717) is 5.69 Å². The zero-order valence-electron chi connectivity index (χ0n) is 15.2. The first-order chi connectivity index (χ1) is 13.4. The van der Waals surface area contributed by atoms with E-state index in [-0.39, 0.29) is 17.4 Å². The van der Waals surface area contributed by atoms with E-state index in [1.807, 2.05) is 18.2 Å². The van der Waals surface area contributed by atoms with Crippen molar-refractivity contribution in [2.75, 3.05) is 11.9 Å². The number of amides is 1. The van der Waals surface area contributed by atoms with E-state index in [1.54, 1.807) is 31.3 Å². The fourth-order valence-corrected chi connectivity index (χ4v) is 3.99. The number of ether oxygens (including phenoxy) is 1. The van der Waals surface area contributed by atoms with Gasteiger partial charge in [-0.2, -0.15) is 0 Å². The van der Waals surface area contributed by atoms with Crippen LogP contribution in [0, 0.1) is 0 Å². The molecule has 1 aliphatic rings. The number of anilines is 1. The summed E-state index contributed by atoms with van der Waals surface area (Å²) < 4.78 is 34.5. The zero-order valence-corrected chi connectivity index (χ0v) is 16.0. The van der Waals surface area contributed by atoms with Crippen molar-refractivity contribution >= 4 is 21.6 Å². The van der Waals surface area contributed by atoms with Gasteiger partial charge in [-0.15, -0.1) is 0 Å². The lowest BCUT2D eigenvalue weighted by Gasteiger charge is -2.31. The molecule has 28 heavy (non-hydrogen) atoms. The van der Waals surface area contributed by atoms with E-state index in [4.69, 9.17) is 4.74 Å². The molecule has 0 radical (unpaired) electrons. The molecule has 0 saturated carbocycles. The fourth-order valence-electron chi connectivity index (χ4n) is 2.79. The molecular formula is C18H22N4O5S. The average Bonchev–Trinajstić information content (AvgIpc) is 3.11. The lowest BCUT2D eigenvalue weighted by atomic mass is 10.1. The Morgan fingerprint density at radius 2 is 2.04 bits per heavy atom. The van der Waals surface area contributed by atoms with Gasteiger partial charge in [-0.05, 0) is 12.1 Å². The van der Waals surface area contributed by atoms with Crippen molar-refractivity contribution in [3.05, 3.63) is 55.0 Å². The molecule has 10 heteroatoms. The van der Waals surface area contributed by atoms with E-state index >= 15 is 0 Å². The summed E-state index contributed by atoms with van der Waals surface area (Å²) in [6, 6.07) is 8.24. The highest BCUT2D eigenvalue weighted by Crippen LogP contribution is 2.18. The predicted octanol–water partition coefficient (Wildman–Crippen LogP) is 0.412. The van der Waals surface area contributed by atoms with Crippen LogP contribution in [0.15, 0.2) is 60.0 Å². The molecule has 2 heterocycles. The van der Waals surface area contributed by atoms with Crippen molar-refractivity contribution in [1.82, 2.24) is 14.3 Å². The van der Waals surface area contributed by atoms with E-state index in [1.165, 1.54) is 17.1 Å². The van der Waals surface area contributed by atoms with Gasteiger partial charge in [0, 0.05) is 18.9 Å². The maximum atomic E-state index is 12.4. The SMILES string of the molecule is Cn1cnc(S(=O)(=O)N[C@H]2C=C[C@H](CC(=O)Nc3ccccc3)O[C@H]2CO)c1. The molecule has 0 bridgehead atoms. The molecule has 1 amide bonds. The molecule has 1 aromatic heterocycles. The molecule has 3 atom stereocenters. The smallest absolute Gasteiger partial charge is 0.260 e. The van der Waals surface area contributed by atoms with Crippen LogP contribution in [0.2, 0.25) is 0 Å². The lowest BCUT2D eigenvalue weighted by Crippen LogP contribution is -2.48. The third kappa shape index (κ3) is 5.04. The van der Waals surface area contributed by atoms with Crippen molar-refractivity contribution < 1.29 is 23.1 Å². The summed E-state index contributed by atoms with van der Waals surface area (Å²) in [5.74, 6) is -0.245. The number of aromatic nitrogens is 2. The second kappa shape index (κ2) is 8.65. The number of hydrogen-bond donors (Lipinski definition) is 3. The van der Waals surface area contributed by atoms with Gasteiger partial charge in [0.05, 0.1) is 31.5 Å². The maximum absolute atomic E-state index is 12.4. The summed E-state index contributed by atoms with van der Waals surface area (Å²) in [7, 11) is -2.20. The standard InChI is InChI=1S/C18H22N4O5S/c1-22-10-18(19-12-22)28(25,26)21-15-8-7-14(27-16(15)11-23)9-17(24)20-13-5-3-2-4-6-13/h2-8,10,12,14-16,21,23H,9,11H2,1H3,(H,20,24)/t14-,15+,16+/m1/s1. The fraction of sp³-hybridized carbons (Fsp3) is 0.333. The molecule has 2 aromatic rings. The minimum atomic E-state index is -3.87. The molecule has 0 aliphatic carbocycles. The number of rotatable bonds is 7. The average molecular weight is 406 g/mol. The molecule has 0 unspecified atom stereocenters. The molecule has 3 N–H and O–H groups in total.